The van der Waals surface area contributed by atoms with Crippen LogP contribution in [0.5, 0.6) is 0 Å². The minimum atomic E-state index is -0.952. The standard InChI is InChI=1S/C33H49N3O4/c1-11-15-24(4)34-29(37)28(26-19-18-22(2)23(3)20-26)36(32(5,6)7)30(38)27(21-25-16-13-12-14-17-25)35-31(39)40-33(8,9)10/h12-14,16-20,24,27-28H,11,15,21H2,1-10H3,(H,34,37)(H,35,39). The summed E-state index contributed by atoms with van der Waals surface area (Å²) in [5.74, 6) is -0.605. The van der Waals surface area contributed by atoms with Crippen LogP contribution in [0.15, 0.2) is 48.5 Å². The highest BCUT2D eigenvalue weighted by Crippen LogP contribution is 2.32. The Morgan fingerprint density at radius 3 is 2.05 bits per heavy atom. The highest BCUT2D eigenvalue weighted by Gasteiger charge is 2.42. The quantitative estimate of drug-likeness (QED) is 0.357. The molecule has 0 aliphatic rings. The maximum absolute atomic E-state index is 14.6. The summed E-state index contributed by atoms with van der Waals surface area (Å²) in [6.45, 7) is 19.1. The van der Waals surface area contributed by atoms with E-state index >= 15 is 0 Å². The van der Waals surface area contributed by atoms with Crippen LogP contribution in [-0.4, -0.2) is 46.0 Å². The van der Waals surface area contributed by atoms with Crippen LogP contribution in [0.3, 0.4) is 0 Å². The third kappa shape index (κ3) is 9.68. The van der Waals surface area contributed by atoms with Gasteiger partial charge in [0, 0.05) is 18.0 Å². The van der Waals surface area contributed by atoms with E-state index in [1.807, 2.05) is 90.1 Å². The van der Waals surface area contributed by atoms with Gasteiger partial charge in [-0.3, -0.25) is 9.59 Å². The number of hydrogen-bond donors (Lipinski definition) is 2. The third-order valence-electron chi connectivity index (χ3n) is 6.70. The van der Waals surface area contributed by atoms with Gasteiger partial charge in [0.2, 0.25) is 11.8 Å². The van der Waals surface area contributed by atoms with Crippen molar-refractivity contribution >= 4 is 17.9 Å². The fourth-order valence-electron chi connectivity index (χ4n) is 4.69. The number of ether oxygens (including phenoxy) is 1. The number of carbonyl (C=O) groups excluding carboxylic acids is 3. The summed E-state index contributed by atoms with van der Waals surface area (Å²) in [5, 5.41) is 5.95. The van der Waals surface area contributed by atoms with E-state index < -0.39 is 29.3 Å². The molecule has 0 radical (unpaired) electrons. The lowest BCUT2D eigenvalue weighted by molar-refractivity contribution is -0.148. The summed E-state index contributed by atoms with van der Waals surface area (Å²) in [6, 6.07) is 13.5. The number of nitrogens with one attached hydrogen (secondary N) is 2. The van der Waals surface area contributed by atoms with E-state index in [0.717, 1.165) is 35.1 Å². The molecule has 0 aromatic heterocycles. The summed E-state index contributed by atoms with van der Waals surface area (Å²) >= 11 is 0. The van der Waals surface area contributed by atoms with Crippen LogP contribution in [0.2, 0.25) is 0 Å². The molecule has 3 amide bonds. The first kappa shape index (κ1) is 32.9. The van der Waals surface area contributed by atoms with E-state index in [9.17, 15) is 14.4 Å². The zero-order chi connectivity index (χ0) is 30.3. The summed E-state index contributed by atoms with van der Waals surface area (Å²) < 4.78 is 5.52. The summed E-state index contributed by atoms with van der Waals surface area (Å²) in [7, 11) is 0. The molecule has 220 valence electrons. The molecule has 0 bridgehead atoms. The zero-order valence-electron chi connectivity index (χ0n) is 26.1. The molecule has 2 N–H and O–H groups in total. The Hall–Kier alpha value is -3.35. The van der Waals surface area contributed by atoms with Crippen LogP contribution in [0.1, 0.15) is 96.5 Å². The smallest absolute Gasteiger partial charge is 0.408 e. The number of hydrogen-bond acceptors (Lipinski definition) is 4. The van der Waals surface area contributed by atoms with Crippen LogP contribution < -0.4 is 10.6 Å². The third-order valence-corrected chi connectivity index (χ3v) is 6.70. The van der Waals surface area contributed by atoms with Crippen LogP contribution in [0, 0.1) is 13.8 Å². The number of benzene rings is 2. The van der Waals surface area contributed by atoms with Gasteiger partial charge in [0.05, 0.1) is 0 Å². The average molecular weight is 552 g/mol. The molecular weight excluding hydrogens is 502 g/mol. The normalized spacial score (nSPS) is 14.1. The second-order valence-electron chi connectivity index (χ2n) is 12.7. The lowest BCUT2D eigenvalue weighted by atomic mass is 9.92. The Morgan fingerprint density at radius 2 is 1.52 bits per heavy atom. The maximum atomic E-state index is 14.6. The first-order chi connectivity index (χ1) is 18.5. The molecule has 0 aliphatic heterocycles. The summed E-state index contributed by atoms with van der Waals surface area (Å²) in [6.07, 6.45) is 1.32. The van der Waals surface area contributed by atoms with Crippen LogP contribution in [0.4, 0.5) is 4.79 Å². The minimum Gasteiger partial charge on any atom is -0.444 e. The van der Waals surface area contributed by atoms with Crippen LogP contribution >= 0.6 is 0 Å². The van der Waals surface area contributed by atoms with Crippen molar-refractivity contribution in [2.24, 2.45) is 0 Å². The topological polar surface area (TPSA) is 87.7 Å². The number of rotatable bonds is 10. The zero-order valence-corrected chi connectivity index (χ0v) is 26.1. The molecule has 0 saturated carbocycles. The fraction of sp³-hybridized carbons (Fsp3) is 0.545. The molecule has 7 heteroatoms. The Kier molecular flexibility index (Phi) is 11.4. The van der Waals surface area contributed by atoms with Crippen molar-refractivity contribution in [1.82, 2.24) is 15.5 Å². The Bertz CT molecular complexity index is 1150. The van der Waals surface area contributed by atoms with Crippen molar-refractivity contribution < 1.29 is 19.1 Å². The lowest BCUT2D eigenvalue weighted by Gasteiger charge is -2.43. The molecule has 2 rings (SSSR count). The van der Waals surface area contributed by atoms with E-state index in [1.54, 1.807) is 25.7 Å². The molecule has 0 fully saturated rings. The first-order valence-electron chi connectivity index (χ1n) is 14.3. The van der Waals surface area contributed by atoms with Gasteiger partial charge in [0.1, 0.15) is 17.7 Å². The van der Waals surface area contributed by atoms with E-state index in [2.05, 4.69) is 17.6 Å². The Morgan fingerprint density at radius 1 is 0.900 bits per heavy atom. The largest absolute Gasteiger partial charge is 0.444 e. The molecule has 40 heavy (non-hydrogen) atoms. The molecule has 3 unspecified atom stereocenters. The summed E-state index contributed by atoms with van der Waals surface area (Å²) in [5.41, 5.74) is 2.26. The molecular formula is C33H49N3O4. The van der Waals surface area contributed by atoms with Crippen molar-refractivity contribution in [1.29, 1.82) is 0 Å². The van der Waals surface area contributed by atoms with Crippen LogP contribution in [0.25, 0.3) is 0 Å². The Balaban J connectivity index is 2.63. The second kappa shape index (κ2) is 13.8. The second-order valence-corrected chi connectivity index (χ2v) is 12.7. The van der Waals surface area contributed by atoms with Crippen molar-refractivity contribution in [3.63, 3.8) is 0 Å². The molecule has 0 saturated heterocycles. The average Bonchev–Trinajstić information content (AvgIpc) is 2.82. The van der Waals surface area contributed by atoms with Crippen molar-refractivity contribution in [3.8, 4) is 0 Å². The van der Waals surface area contributed by atoms with Gasteiger partial charge in [-0.05, 0) is 91.0 Å². The van der Waals surface area contributed by atoms with Crippen molar-refractivity contribution in [3.05, 3.63) is 70.8 Å². The fourth-order valence-corrected chi connectivity index (χ4v) is 4.69. The predicted octanol–water partition coefficient (Wildman–Crippen LogP) is 6.41. The Labute approximate surface area is 241 Å². The minimum absolute atomic E-state index is 0.0523. The van der Waals surface area contributed by atoms with Gasteiger partial charge < -0.3 is 20.3 Å². The van der Waals surface area contributed by atoms with Gasteiger partial charge in [-0.1, -0.05) is 61.9 Å². The highest BCUT2D eigenvalue weighted by atomic mass is 16.6. The highest BCUT2D eigenvalue weighted by molar-refractivity contribution is 5.93. The summed E-state index contributed by atoms with van der Waals surface area (Å²) in [4.78, 5) is 43.1. The van der Waals surface area contributed by atoms with Crippen LogP contribution in [-0.2, 0) is 20.7 Å². The van der Waals surface area contributed by atoms with E-state index in [4.69, 9.17) is 4.74 Å². The number of carbonyl (C=O) groups is 3. The van der Waals surface area contributed by atoms with Gasteiger partial charge >= 0.3 is 6.09 Å². The van der Waals surface area contributed by atoms with E-state index in [0.29, 0.717) is 0 Å². The lowest BCUT2D eigenvalue weighted by Crippen LogP contribution is -2.59. The first-order valence-corrected chi connectivity index (χ1v) is 14.3. The molecule has 3 atom stereocenters. The number of alkyl carbamates (subject to hydrolysis) is 1. The predicted molar refractivity (Wildman–Crippen MR) is 161 cm³/mol. The monoisotopic (exact) mass is 551 g/mol. The van der Waals surface area contributed by atoms with E-state index in [-0.39, 0.29) is 24.3 Å². The van der Waals surface area contributed by atoms with E-state index in [1.165, 1.54) is 0 Å². The maximum Gasteiger partial charge on any atom is 0.408 e. The van der Waals surface area contributed by atoms with Gasteiger partial charge in [-0.2, -0.15) is 0 Å². The number of aryl methyl sites for hydroxylation is 2. The molecule has 7 nitrogen and oxygen atoms in total. The number of nitrogens with zero attached hydrogens (tertiary/aromatic N) is 1. The van der Waals surface area contributed by atoms with Gasteiger partial charge in [-0.25, -0.2) is 4.79 Å². The molecule has 0 spiro atoms. The number of amides is 3. The van der Waals surface area contributed by atoms with Crippen molar-refractivity contribution in [2.75, 3.05) is 0 Å². The molecule has 2 aromatic rings. The SMILES string of the molecule is CCCC(C)NC(=O)C(c1ccc(C)c(C)c1)N(C(=O)C(Cc1ccccc1)NC(=O)OC(C)(C)C)C(C)(C)C. The van der Waals surface area contributed by atoms with Gasteiger partial charge in [-0.15, -0.1) is 0 Å². The molecule has 0 aliphatic carbocycles. The van der Waals surface area contributed by atoms with Gasteiger partial charge in [0.15, 0.2) is 0 Å². The van der Waals surface area contributed by atoms with Gasteiger partial charge in [0.25, 0.3) is 0 Å². The molecule has 0 heterocycles. The molecule has 2 aromatic carbocycles. The van der Waals surface area contributed by atoms with Crippen molar-refractivity contribution in [2.45, 2.75) is 118 Å².